The number of amides is 2. The highest BCUT2D eigenvalue weighted by molar-refractivity contribution is 6.30. The number of hydrogen-bond donors (Lipinski definition) is 1. The van der Waals surface area contributed by atoms with E-state index in [1.54, 1.807) is 37.3 Å². The van der Waals surface area contributed by atoms with E-state index in [1.165, 1.54) is 17.4 Å². The Kier molecular flexibility index (Phi) is 7.86. The number of nitrogens with one attached hydrogen (secondary N) is 1. The van der Waals surface area contributed by atoms with Gasteiger partial charge >= 0.3 is 0 Å². The predicted octanol–water partition coefficient (Wildman–Crippen LogP) is 4.89. The molecule has 160 valence electrons. The first kappa shape index (κ1) is 22.3. The van der Waals surface area contributed by atoms with Crippen LogP contribution in [0.15, 0.2) is 48.5 Å². The van der Waals surface area contributed by atoms with Gasteiger partial charge in [-0.15, -0.1) is 0 Å². The molecule has 0 aromatic heterocycles. The van der Waals surface area contributed by atoms with Crippen LogP contribution in [0.2, 0.25) is 5.02 Å². The van der Waals surface area contributed by atoms with Gasteiger partial charge in [0.05, 0.1) is 6.42 Å². The monoisotopic (exact) mass is 430 g/mol. The summed E-state index contributed by atoms with van der Waals surface area (Å²) in [5, 5.41) is 3.66. The van der Waals surface area contributed by atoms with Crippen molar-refractivity contribution in [1.29, 1.82) is 0 Å². The molecule has 0 spiro atoms. The summed E-state index contributed by atoms with van der Waals surface area (Å²) >= 11 is 6.10. The van der Waals surface area contributed by atoms with Gasteiger partial charge in [0.25, 0.3) is 0 Å². The number of hydrogen-bond acceptors (Lipinski definition) is 2. The minimum absolute atomic E-state index is 0.103. The molecule has 3 rings (SSSR count). The van der Waals surface area contributed by atoms with Gasteiger partial charge in [-0.3, -0.25) is 9.59 Å². The quantitative estimate of drug-likeness (QED) is 0.680. The van der Waals surface area contributed by atoms with Gasteiger partial charge in [-0.25, -0.2) is 4.39 Å². The lowest BCUT2D eigenvalue weighted by atomic mass is 9.95. The highest BCUT2D eigenvalue weighted by Gasteiger charge is 2.28. The maximum absolute atomic E-state index is 14.1. The van der Waals surface area contributed by atoms with Crippen molar-refractivity contribution in [3.05, 3.63) is 70.5 Å². The Balaban J connectivity index is 1.77. The largest absolute Gasteiger partial charge is 0.352 e. The van der Waals surface area contributed by atoms with E-state index in [4.69, 9.17) is 11.6 Å². The number of nitrogens with zero attached hydrogens (tertiary/aromatic N) is 1. The van der Waals surface area contributed by atoms with Crippen LogP contribution in [0.25, 0.3) is 0 Å². The average Bonchev–Trinajstić information content (AvgIpc) is 2.74. The number of halogens is 2. The fourth-order valence-corrected chi connectivity index (χ4v) is 4.10. The van der Waals surface area contributed by atoms with E-state index < -0.39 is 11.9 Å². The van der Waals surface area contributed by atoms with Crippen LogP contribution in [0.1, 0.15) is 50.2 Å². The molecule has 2 amide bonds. The molecule has 30 heavy (non-hydrogen) atoms. The molecule has 0 aliphatic heterocycles. The summed E-state index contributed by atoms with van der Waals surface area (Å²) < 4.78 is 14.1. The molecule has 1 atom stereocenters. The molecule has 1 fully saturated rings. The minimum Gasteiger partial charge on any atom is -0.352 e. The molecule has 1 aliphatic carbocycles. The Morgan fingerprint density at radius 2 is 1.87 bits per heavy atom. The molecule has 0 saturated heterocycles. The molecule has 1 aliphatic rings. The van der Waals surface area contributed by atoms with Crippen molar-refractivity contribution >= 4 is 23.4 Å². The molecule has 0 radical (unpaired) electrons. The zero-order chi connectivity index (χ0) is 21.5. The van der Waals surface area contributed by atoms with E-state index >= 15 is 0 Å². The fraction of sp³-hybridized carbons (Fsp3) is 0.417. The van der Waals surface area contributed by atoms with Crippen molar-refractivity contribution < 1.29 is 14.0 Å². The molecule has 6 heteroatoms. The third-order valence-corrected chi connectivity index (χ3v) is 5.90. The van der Waals surface area contributed by atoms with Crippen molar-refractivity contribution in [2.24, 2.45) is 0 Å². The number of carbonyl (C=O) groups excluding carboxylic acids is 2. The van der Waals surface area contributed by atoms with Crippen molar-refractivity contribution in [2.45, 2.75) is 64.1 Å². The number of carbonyl (C=O) groups is 2. The Morgan fingerprint density at radius 3 is 2.57 bits per heavy atom. The lowest BCUT2D eigenvalue weighted by Gasteiger charge is -2.31. The molecule has 0 heterocycles. The third kappa shape index (κ3) is 6.05. The summed E-state index contributed by atoms with van der Waals surface area (Å²) in [7, 11) is 0. The smallest absolute Gasteiger partial charge is 0.242 e. The summed E-state index contributed by atoms with van der Waals surface area (Å²) in [5.74, 6) is -0.898. The van der Waals surface area contributed by atoms with E-state index in [9.17, 15) is 14.0 Å². The standard InChI is InChI=1S/C24H28ClFN2O2/c1-17(24(30)27-21-11-3-2-4-12-21)28(16-18-8-7-10-20(25)14-18)23(29)15-19-9-5-6-13-22(19)26/h5-10,13-14,17,21H,2-4,11-12,15-16H2,1H3,(H,27,30)/t17-/m0/s1. The minimum atomic E-state index is -0.676. The second kappa shape index (κ2) is 10.6. The first-order valence-electron chi connectivity index (χ1n) is 10.5. The maximum Gasteiger partial charge on any atom is 0.242 e. The Labute approximate surface area is 182 Å². The van der Waals surface area contributed by atoms with E-state index in [0.29, 0.717) is 10.6 Å². The predicted molar refractivity (Wildman–Crippen MR) is 117 cm³/mol. The molecule has 4 nitrogen and oxygen atoms in total. The summed E-state index contributed by atoms with van der Waals surface area (Å²) in [6.07, 6.45) is 5.25. The van der Waals surface area contributed by atoms with Crippen LogP contribution in [0.4, 0.5) is 4.39 Å². The molecular formula is C24H28ClFN2O2. The molecule has 1 saturated carbocycles. The van der Waals surface area contributed by atoms with Crippen LogP contribution in [-0.4, -0.2) is 28.8 Å². The lowest BCUT2D eigenvalue weighted by molar-refractivity contribution is -0.140. The maximum atomic E-state index is 14.1. The highest BCUT2D eigenvalue weighted by Crippen LogP contribution is 2.19. The summed E-state index contributed by atoms with van der Waals surface area (Å²) in [4.78, 5) is 27.6. The van der Waals surface area contributed by atoms with E-state index in [2.05, 4.69) is 5.32 Å². The second-order valence-electron chi connectivity index (χ2n) is 7.94. The molecule has 2 aromatic carbocycles. The van der Waals surface area contributed by atoms with Gasteiger partial charge < -0.3 is 10.2 Å². The molecule has 1 N–H and O–H groups in total. The molecular weight excluding hydrogens is 403 g/mol. The number of benzene rings is 2. The van der Waals surface area contributed by atoms with Crippen molar-refractivity contribution in [2.75, 3.05) is 0 Å². The molecule has 0 bridgehead atoms. The van der Waals surface area contributed by atoms with Gasteiger partial charge in [0, 0.05) is 17.6 Å². The van der Waals surface area contributed by atoms with Gasteiger partial charge in [-0.2, -0.15) is 0 Å². The lowest BCUT2D eigenvalue weighted by Crippen LogP contribution is -2.50. The van der Waals surface area contributed by atoms with Crippen molar-refractivity contribution in [1.82, 2.24) is 10.2 Å². The van der Waals surface area contributed by atoms with E-state index in [0.717, 1.165) is 31.2 Å². The van der Waals surface area contributed by atoms with Crippen molar-refractivity contribution in [3.63, 3.8) is 0 Å². The molecule has 2 aromatic rings. The Bertz CT molecular complexity index is 883. The van der Waals surface area contributed by atoms with E-state index in [1.807, 2.05) is 12.1 Å². The van der Waals surface area contributed by atoms with Crippen LogP contribution in [0, 0.1) is 5.82 Å². The average molecular weight is 431 g/mol. The Morgan fingerprint density at radius 1 is 1.13 bits per heavy atom. The zero-order valence-electron chi connectivity index (χ0n) is 17.2. The van der Waals surface area contributed by atoms with Gasteiger partial charge in [0.15, 0.2) is 0 Å². The van der Waals surface area contributed by atoms with E-state index in [-0.39, 0.29) is 30.8 Å². The Hall–Kier alpha value is -2.40. The van der Waals surface area contributed by atoms with Crippen LogP contribution in [-0.2, 0) is 22.6 Å². The summed E-state index contributed by atoms with van der Waals surface area (Å²) in [6.45, 7) is 1.95. The van der Waals surface area contributed by atoms with Crippen LogP contribution in [0.5, 0.6) is 0 Å². The van der Waals surface area contributed by atoms with Crippen molar-refractivity contribution in [3.8, 4) is 0 Å². The fourth-order valence-electron chi connectivity index (χ4n) is 3.89. The van der Waals surface area contributed by atoms with Gasteiger partial charge in [-0.05, 0) is 49.1 Å². The summed E-state index contributed by atoms with van der Waals surface area (Å²) in [6, 6.07) is 12.9. The highest BCUT2D eigenvalue weighted by atomic mass is 35.5. The number of rotatable bonds is 7. The van der Waals surface area contributed by atoms with Crippen LogP contribution >= 0.6 is 11.6 Å². The topological polar surface area (TPSA) is 49.4 Å². The normalized spacial score (nSPS) is 15.4. The van der Waals surface area contributed by atoms with Crippen LogP contribution < -0.4 is 5.32 Å². The third-order valence-electron chi connectivity index (χ3n) is 5.66. The zero-order valence-corrected chi connectivity index (χ0v) is 18.0. The molecule has 0 unspecified atom stereocenters. The second-order valence-corrected chi connectivity index (χ2v) is 8.38. The van der Waals surface area contributed by atoms with Crippen LogP contribution in [0.3, 0.4) is 0 Å². The summed E-state index contributed by atoms with van der Waals surface area (Å²) in [5.41, 5.74) is 1.14. The SMILES string of the molecule is C[C@@H](C(=O)NC1CCCCC1)N(Cc1cccc(Cl)c1)C(=O)Cc1ccccc1F. The first-order valence-corrected chi connectivity index (χ1v) is 10.9. The first-order chi connectivity index (χ1) is 14.4. The van der Waals surface area contributed by atoms with Gasteiger partial charge in [-0.1, -0.05) is 61.2 Å². The van der Waals surface area contributed by atoms with Gasteiger partial charge in [0.2, 0.25) is 11.8 Å². The van der Waals surface area contributed by atoms with Gasteiger partial charge in [0.1, 0.15) is 11.9 Å².